The van der Waals surface area contributed by atoms with E-state index in [1.54, 1.807) is 0 Å². The first-order valence-electron chi connectivity index (χ1n) is 3.30. The Kier molecular flexibility index (Phi) is 1.50. The molecule has 0 aromatic rings. The van der Waals surface area contributed by atoms with Crippen molar-refractivity contribution in [2.75, 3.05) is 0 Å². The van der Waals surface area contributed by atoms with Crippen LogP contribution in [0.2, 0.25) is 0 Å². The van der Waals surface area contributed by atoms with E-state index in [0.29, 0.717) is 0 Å². The SMILES string of the molecule is NC1=NC=NC2=NC=NC12P(=O)=O. The zero-order valence-electron chi connectivity index (χ0n) is 6.28. The number of rotatable bonds is 1. The second kappa shape index (κ2) is 2.43. The highest BCUT2D eigenvalue weighted by Crippen LogP contribution is 2.36. The highest BCUT2D eigenvalue weighted by Gasteiger charge is 2.50. The molecule has 2 aliphatic heterocycles. The number of amidine groups is 2. The topological polar surface area (TPSA) is 110 Å². The predicted octanol–water partition coefficient (Wildman–Crippen LogP) is -0.305. The van der Waals surface area contributed by atoms with Gasteiger partial charge in [0.05, 0.1) is 0 Å². The Morgan fingerprint density at radius 2 is 2.08 bits per heavy atom. The summed E-state index contributed by atoms with van der Waals surface area (Å²) in [4.78, 5) is 14.6. The van der Waals surface area contributed by atoms with Gasteiger partial charge in [0.15, 0.2) is 11.7 Å². The van der Waals surface area contributed by atoms with E-state index in [-0.39, 0.29) is 11.7 Å². The molecule has 7 nitrogen and oxygen atoms in total. The van der Waals surface area contributed by atoms with Crippen LogP contribution in [0.5, 0.6) is 0 Å². The van der Waals surface area contributed by atoms with Crippen molar-refractivity contribution < 1.29 is 9.13 Å². The number of nitrogens with two attached hydrogens (primary N) is 1. The quantitative estimate of drug-likeness (QED) is 0.582. The van der Waals surface area contributed by atoms with Crippen LogP contribution in [-0.2, 0) is 9.13 Å². The van der Waals surface area contributed by atoms with Crippen LogP contribution >= 0.6 is 7.68 Å². The molecule has 0 bridgehead atoms. The summed E-state index contributed by atoms with van der Waals surface area (Å²) >= 11 is 0. The molecule has 0 saturated heterocycles. The summed E-state index contributed by atoms with van der Waals surface area (Å²) in [5, 5.41) is -1.65. The third-order valence-corrected chi connectivity index (χ3v) is 2.81. The first kappa shape index (κ1) is 8.00. The van der Waals surface area contributed by atoms with Crippen LogP contribution in [0.3, 0.4) is 0 Å². The number of fused-ring (bicyclic) bond motifs is 1. The largest absolute Gasteiger partial charge is 0.384 e. The van der Waals surface area contributed by atoms with Crippen molar-refractivity contribution in [1.29, 1.82) is 0 Å². The summed E-state index contributed by atoms with van der Waals surface area (Å²) in [6.45, 7) is 0. The molecule has 66 valence electrons. The second-order valence-electron chi connectivity index (χ2n) is 2.39. The van der Waals surface area contributed by atoms with Crippen molar-refractivity contribution in [2.24, 2.45) is 25.7 Å². The van der Waals surface area contributed by atoms with Crippen molar-refractivity contribution in [2.45, 2.75) is 5.28 Å². The van der Waals surface area contributed by atoms with E-state index in [9.17, 15) is 9.13 Å². The molecule has 8 heteroatoms. The molecule has 0 aromatic carbocycles. The summed E-state index contributed by atoms with van der Waals surface area (Å²) < 4.78 is 22.0. The average Bonchev–Trinajstić information content (AvgIpc) is 2.50. The van der Waals surface area contributed by atoms with Gasteiger partial charge in [-0.05, 0) is 0 Å². The Morgan fingerprint density at radius 1 is 1.31 bits per heavy atom. The Bertz CT molecular complexity index is 438. The molecular weight excluding hydrogens is 193 g/mol. The molecule has 1 unspecified atom stereocenters. The minimum absolute atomic E-state index is 0.0520. The lowest BCUT2D eigenvalue weighted by Gasteiger charge is -2.18. The molecule has 0 spiro atoms. The monoisotopic (exact) mass is 197 g/mol. The maximum Gasteiger partial charge on any atom is 0.360 e. The van der Waals surface area contributed by atoms with Crippen LogP contribution in [0.15, 0.2) is 20.0 Å². The lowest BCUT2D eigenvalue weighted by atomic mass is 10.2. The van der Waals surface area contributed by atoms with Crippen molar-refractivity contribution in [3.05, 3.63) is 0 Å². The molecule has 0 saturated carbocycles. The molecule has 2 N–H and O–H groups in total. The molecule has 2 rings (SSSR count). The molecule has 0 radical (unpaired) electrons. The van der Waals surface area contributed by atoms with Gasteiger partial charge in [0.1, 0.15) is 12.7 Å². The van der Waals surface area contributed by atoms with Crippen molar-refractivity contribution in [1.82, 2.24) is 0 Å². The molecule has 0 aliphatic carbocycles. The van der Waals surface area contributed by atoms with E-state index >= 15 is 0 Å². The second-order valence-corrected chi connectivity index (χ2v) is 3.55. The van der Waals surface area contributed by atoms with E-state index < -0.39 is 13.0 Å². The molecule has 2 heterocycles. The van der Waals surface area contributed by atoms with Gasteiger partial charge in [-0.15, -0.1) is 0 Å². The third kappa shape index (κ3) is 0.844. The minimum Gasteiger partial charge on any atom is -0.384 e. The average molecular weight is 197 g/mol. The van der Waals surface area contributed by atoms with Crippen molar-refractivity contribution in [3.8, 4) is 0 Å². The maximum absolute atomic E-state index is 11.0. The standard InChI is InChI=1S/C5H4N5O2P/c6-3-5(13(11)12)4(8-1-7-3)9-2-10-5/h1-2H,(H2,6,7,8,9,10). The van der Waals surface area contributed by atoms with Gasteiger partial charge in [0, 0.05) is 0 Å². The van der Waals surface area contributed by atoms with Gasteiger partial charge in [-0.25, -0.2) is 29.1 Å². The van der Waals surface area contributed by atoms with E-state index in [1.807, 2.05) is 0 Å². The van der Waals surface area contributed by atoms with Crippen LogP contribution in [0.1, 0.15) is 0 Å². The van der Waals surface area contributed by atoms with Crippen LogP contribution < -0.4 is 5.73 Å². The van der Waals surface area contributed by atoms with Gasteiger partial charge < -0.3 is 5.73 Å². The Labute approximate surface area is 73.0 Å². The molecule has 1 atom stereocenters. The third-order valence-electron chi connectivity index (χ3n) is 1.73. The minimum atomic E-state index is -2.92. The van der Waals surface area contributed by atoms with E-state index in [0.717, 1.165) is 12.7 Å². The number of hydrogen-bond acceptors (Lipinski definition) is 7. The number of nitrogens with zero attached hydrogens (tertiary/aromatic N) is 4. The van der Waals surface area contributed by atoms with Gasteiger partial charge in [0.2, 0.25) is 0 Å². The zero-order valence-corrected chi connectivity index (χ0v) is 7.18. The summed E-state index contributed by atoms with van der Waals surface area (Å²) in [5.74, 6) is -0.0674. The molecule has 0 amide bonds. The Balaban J connectivity index is 2.69. The summed E-state index contributed by atoms with van der Waals surface area (Å²) in [5.41, 5.74) is 5.44. The van der Waals surface area contributed by atoms with Crippen LogP contribution in [0.4, 0.5) is 0 Å². The molecule has 0 fully saturated rings. The lowest BCUT2D eigenvalue weighted by molar-refractivity contribution is 0.507. The molecule has 13 heavy (non-hydrogen) atoms. The lowest BCUT2D eigenvalue weighted by Crippen LogP contribution is -2.44. The Morgan fingerprint density at radius 3 is 2.69 bits per heavy atom. The molecule has 2 aliphatic rings. The summed E-state index contributed by atoms with van der Waals surface area (Å²) in [7, 11) is -2.92. The summed E-state index contributed by atoms with van der Waals surface area (Å²) in [6.07, 6.45) is 2.27. The predicted molar refractivity (Wildman–Crippen MR) is 47.1 cm³/mol. The van der Waals surface area contributed by atoms with Crippen LogP contribution in [0.25, 0.3) is 0 Å². The van der Waals surface area contributed by atoms with Gasteiger partial charge in [0.25, 0.3) is 5.28 Å². The van der Waals surface area contributed by atoms with Crippen LogP contribution in [0, 0.1) is 0 Å². The zero-order chi connectivity index (χ0) is 9.47. The van der Waals surface area contributed by atoms with Crippen LogP contribution in [-0.4, -0.2) is 29.6 Å². The number of aliphatic imine (C=N–C) groups is 4. The fourth-order valence-corrected chi connectivity index (χ4v) is 1.75. The normalized spacial score (nSPS) is 29.5. The van der Waals surface area contributed by atoms with E-state index in [1.165, 1.54) is 0 Å². The first-order chi connectivity index (χ1) is 6.18. The van der Waals surface area contributed by atoms with E-state index in [4.69, 9.17) is 5.73 Å². The smallest absolute Gasteiger partial charge is 0.360 e. The van der Waals surface area contributed by atoms with Gasteiger partial charge in [-0.2, -0.15) is 0 Å². The fourth-order valence-electron chi connectivity index (χ4n) is 1.08. The van der Waals surface area contributed by atoms with Crippen molar-refractivity contribution >= 4 is 32.0 Å². The Hall–Kier alpha value is -1.62. The maximum atomic E-state index is 11.0. The highest BCUT2D eigenvalue weighted by molar-refractivity contribution is 7.36. The number of hydrogen-bond donors (Lipinski definition) is 1. The molecular formula is C5H4N5O2P. The van der Waals surface area contributed by atoms with Gasteiger partial charge in [-0.3, -0.25) is 0 Å². The van der Waals surface area contributed by atoms with Gasteiger partial charge >= 0.3 is 7.68 Å². The van der Waals surface area contributed by atoms with Crippen molar-refractivity contribution in [3.63, 3.8) is 0 Å². The first-order valence-corrected chi connectivity index (χ1v) is 4.48. The summed E-state index contributed by atoms with van der Waals surface area (Å²) in [6, 6.07) is 0. The molecule has 0 aromatic heterocycles. The fraction of sp³-hybridized carbons (Fsp3) is 0.200. The van der Waals surface area contributed by atoms with Gasteiger partial charge in [-0.1, -0.05) is 0 Å². The van der Waals surface area contributed by atoms with E-state index in [2.05, 4.69) is 20.0 Å². The highest BCUT2D eigenvalue weighted by atomic mass is 31.1.